The zero-order valence-corrected chi connectivity index (χ0v) is 16.6. The van der Waals surface area contributed by atoms with E-state index in [1.165, 1.54) is 13.4 Å². The van der Waals surface area contributed by atoms with Crippen molar-refractivity contribution in [1.82, 2.24) is 14.8 Å². The molecule has 2 heterocycles. The van der Waals surface area contributed by atoms with Crippen molar-refractivity contribution in [3.05, 3.63) is 59.9 Å². The third-order valence-corrected chi connectivity index (χ3v) is 4.73. The van der Waals surface area contributed by atoms with Gasteiger partial charge in [-0.2, -0.15) is 10.1 Å². The number of aromatic nitrogens is 3. The average molecular weight is 407 g/mol. The van der Waals surface area contributed by atoms with E-state index in [0.717, 1.165) is 11.1 Å². The van der Waals surface area contributed by atoms with Crippen molar-refractivity contribution < 1.29 is 19.1 Å². The molecule has 0 saturated heterocycles. The van der Waals surface area contributed by atoms with Crippen LogP contribution in [0.5, 0.6) is 11.5 Å². The fourth-order valence-corrected chi connectivity index (χ4v) is 3.34. The Labute approximate surface area is 173 Å². The number of benzene rings is 2. The number of amides is 2. The monoisotopic (exact) mass is 407 g/mol. The second-order valence-corrected chi connectivity index (χ2v) is 6.91. The molecule has 9 heteroatoms. The number of hydrogen-bond donors (Lipinski definition) is 2. The summed E-state index contributed by atoms with van der Waals surface area (Å²) < 4.78 is 12.8. The molecule has 1 atom stereocenters. The Morgan fingerprint density at radius 2 is 2.13 bits per heavy atom. The van der Waals surface area contributed by atoms with Gasteiger partial charge in [0.15, 0.2) is 18.1 Å². The molecule has 4 rings (SSSR count). The zero-order chi connectivity index (χ0) is 21.1. The first-order valence-electron chi connectivity index (χ1n) is 9.40. The summed E-state index contributed by atoms with van der Waals surface area (Å²) in [4.78, 5) is 28.3. The summed E-state index contributed by atoms with van der Waals surface area (Å²) in [6, 6.07) is 12.6. The van der Waals surface area contributed by atoms with Gasteiger partial charge in [0, 0.05) is 5.69 Å². The van der Waals surface area contributed by atoms with Crippen molar-refractivity contribution in [2.45, 2.75) is 19.4 Å². The number of rotatable bonds is 6. The Bertz CT molecular complexity index is 1090. The van der Waals surface area contributed by atoms with E-state index in [0.29, 0.717) is 23.1 Å². The minimum absolute atomic E-state index is 0.132. The van der Waals surface area contributed by atoms with E-state index in [1.54, 1.807) is 16.8 Å². The Balaban J connectivity index is 1.47. The summed E-state index contributed by atoms with van der Waals surface area (Å²) in [7, 11) is 1.52. The van der Waals surface area contributed by atoms with Crippen LogP contribution in [-0.2, 0) is 9.59 Å². The van der Waals surface area contributed by atoms with E-state index in [1.807, 2.05) is 37.3 Å². The lowest BCUT2D eigenvalue weighted by atomic mass is 10.0. The van der Waals surface area contributed by atoms with E-state index < -0.39 is 0 Å². The fourth-order valence-electron chi connectivity index (χ4n) is 3.34. The van der Waals surface area contributed by atoms with Gasteiger partial charge in [-0.25, -0.2) is 4.68 Å². The van der Waals surface area contributed by atoms with Crippen LogP contribution >= 0.6 is 0 Å². The molecular weight excluding hydrogens is 386 g/mol. The molecule has 0 spiro atoms. The third-order valence-electron chi connectivity index (χ3n) is 4.73. The quantitative estimate of drug-likeness (QED) is 0.650. The van der Waals surface area contributed by atoms with Gasteiger partial charge < -0.3 is 14.8 Å². The van der Waals surface area contributed by atoms with Crippen molar-refractivity contribution in [1.29, 1.82) is 0 Å². The Kier molecular flexibility index (Phi) is 5.34. The summed E-state index contributed by atoms with van der Waals surface area (Å²) >= 11 is 0. The van der Waals surface area contributed by atoms with E-state index in [2.05, 4.69) is 20.7 Å². The van der Waals surface area contributed by atoms with Gasteiger partial charge in [0.2, 0.25) is 11.9 Å². The van der Waals surface area contributed by atoms with E-state index in [9.17, 15) is 9.59 Å². The maximum absolute atomic E-state index is 12.2. The number of fused-ring (bicyclic) bond motifs is 1. The first-order chi connectivity index (χ1) is 14.5. The lowest BCUT2D eigenvalue weighted by Crippen LogP contribution is -2.29. The Hall–Kier alpha value is -3.88. The molecule has 154 valence electrons. The molecule has 9 nitrogen and oxygen atoms in total. The van der Waals surface area contributed by atoms with Crippen LogP contribution in [0.1, 0.15) is 23.6 Å². The van der Waals surface area contributed by atoms with Crippen LogP contribution in [0.3, 0.4) is 0 Å². The molecule has 2 N–H and O–H groups in total. The predicted molar refractivity (Wildman–Crippen MR) is 110 cm³/mol. The predicted octanol–water partition coefficient (Wildman–Crippen LogP) is 2.54. The molecule has 2 aromatic carbocycles. The summed E-state index contributed by atoms with van der Waals surface area (Å²) in [5.74, 6) is 0.891. The molecular formula is C21H21N5O4. The lowest BCUT2D eigenvalue weighted by Gasteiger charge is -2.24. The normalized spacial score (nSPS) is 15.1. The first kappa shape index (κ1) is 19.4. The van der Waals surface area contributed by atoms with Crippen molar-refractivity contribution in [3.8, 4) is 11.5 Å². The second kappa shape index (κ2) is 8.24. The molecule has 1 aromatic heterocycles. The highest BCUT2D eigenvalue weighted by atomic mass is 16.5. The highest BCUT2D eigenvalue weighted by Crippen LogP contribution is 2.34. The van der Waals surface area contributed by atoms with Crippen LogP contribution in [0, 0.1) is 6.92 Å². The van der Waals surface area contributed by atoms with Gasteiger partial charge in [-0.1, -0.05) is 18.2 Å². The third kappa shape index (κ3) is 4.09. The van der Waals surface area contributed by atoms with E-state index in [4.69, 9.17) is 9.47 Å². The average Bonchev–Trinajstić information content (AvgIpc) is 3.20. The molecule has 1 aliphatic rings. The molecule has 1 aliphatic heterocycles. The van der Waals surface area contributed by atoms with E-state index >= 15 is 0 Å². The SMILES string of the molecule is COc1cc([C@H]2CC(=O)Nc3ncnn32)ccc1OCC(=O)Nc1cccc(C)c1. The summed E-state index contributed by atoms with van der Waals surface area (Å²) in [6.07, 6.45) is 1.63. The van der Waals surface area contributed by atoms with Crippen LogP contribution < -0.4 is 20.1 Å². The van der Waals surface area contributed by atoms with Crippen molar-refractivity contribution in [2.24, 2.45) is 0 Å². The van der Waals surface area contributed by atoms with Gasteiger partial charge in [0.25, 0.3) is 5.91 Å². The number of methoxy groups -OCH3 is 1. The van der Waals surface area contributed by atoms with Crippen LogP contribution in [0.25, 0.3) is 0 Å². The molecule has 3 aromatic rings. The fraction of sp³-hybridized carbons (Fsp3) is 0.238. The molecule has 0 unspecified atom stereocenters. The first-order valence-corrected chi connectivity index (χ1v) is 9.40. The van der Waals surface area contributed by atoms with Crippen molar-refractivity contribution in [3.63, 3.8) is 0 Å². The molecule has 0 fully saturated rings. The maximum Gasteiger partial charge on any atom is 0.262 e. The number of anilines is 2. The standard InChI is InChI=1S/C21H21N5O4/c1-13-4-3-5-15(8-13)24-20(28)11-30-17-7-6-14(9-18(17)29-2)16-10-19(27)25-21-22-12-23-26(16)21/h3-9,12,16H,10-11H2,1-2H3,(H,24,28)(H,22,23,25,27)/t16-/m1/s1. The Morgan fingerprint density at radius 3 is 2.93 bits per heavy atom. The molecule has 30 heavy (non-hydrogen) atoms. The number of nitrogens with zero attached hydrogens (tertiary/aromatic N) is 3. The van der Waals surface area contributed by atoms with Crippen molar-refractivity contribution in [2.75, 3.05) is 24.4 Å². The second-order valence-electron chi connectivity index (χ2n) is 6.91. The largest absolute Gasteiger partial charge is 0.493 e. The smallest absolute Gasteiger partial charge is 0.262 e. The molecule has 0 saturated carbocycles. The molecule has 0 radical (unpaired) electrons. The lowest BCUT2D eigenvalue weighted by molar-refractivity contribution is -0.118. The number of aryl methyl sites for hydroxylation is 1. The molecule has 2 amide bonds. The van der Waals surface area contributed by atoms with Gasteiger partial charge in [-0.05, 0) is 42.3 Å². The number of ether oxygens (including phenoxy) is 2. The number of nitrogens with one attached hydrogen (secondary N) is 2. The summed E-state index contributed by atoms with van der Waals surface area (Å²) in [6.45, 7) is 1.79. The molecule has 0 bridgehead atoms. The van der Waals surface area contributed by atoms with E-state index in [-0.39, 0.29) is 30.9 Å². The minimum Gasteiger partial charge on any atom is -0.493 e. The van der Waals surface area contributed by atoms with Crippen LogP contribution in [-0.4, -0.2) is 40.3 Å². The topological polar surface area (TPSA) is 107 Å². The van der Waals surface area contributed by atoms with Crippen LogP contribution in [0.4, 0.5) is 11.6 Å². The number of hydrogen-bond acceptors (Lipinski definition) is 6. The van der Waals surface area contributed by atoms with Crippen LogP contribution in [0.2, 0.25) is 0 Å². The van der Waals surface area contributed by atoms with Gasteiger partial charge in [0.1, 0.15) is 6.33 Å². The number of carbonyl (C=O) groups is 2. The summed E-state index contributed by atoms with van der Waals surface area (Å²) in [5, 5.41) is 9.68. The number of carbonyl (C=O) groups excluding carboxylic acids is 2. The summed E-state index contributed by atoms with van der Waals surface area (Å²) in [5.41, 5.74) is 2.59. The maximum atomic E-state index is 12.2. The minimum atomic E-state index is -0.302. The highest BCUT2D eigenvalue weighted by molar-refractivity contribution is 5.92. The van der Waals surface area contributed by atoms with Crippen molar-refractivity contribution >= 4 is 23.5 Å². The van der Waals surface area contributed by atoms with Gasteiger partial charge >= 0.3 is 0 Å². The van der Waals surface area contributed by atoms with Gasteiger partial charge in [-0.15, -0.1) is 0 Å². The molecule has 0 aliphatic carbocycles. The van der Waals surface area contributed by atoms with Crippen LogP contribution in [0.15, 0.2) is 48.8 Å². The van der Waals surface area contributed by atoms with Gasteiger partial charge in [-0.3, -0.25) is 14.9 Å². The zero-order valence-electron chi connectivity index (χ0n) is 16.6. The van der Waals surface area contributed by atoms with Gasteiger partial charge in [0.05, 0.1) is 19.6 Å². The Morgan fingerprint density at radius 1 is 1.27 bits per heavy atom. The highest BCUT2D eigenvalue weighted by Gasteiger charge is 2.28.